The smallest absolute Gasteiger partial charge is 0.269 e. The molecular weight excluding hydrogens is 468 g/mol. The van der Waals surface area contributed by atoms with E-state index in [9.17, 15) is 9.59 Å². The molecule has 0 atom stereocenters. The maximum atomic E-state index is 12.4. The van der Waals surface area contributed by atoms with Gasteiger partial charge in [-0.3, -0.25) is 20.4 Å². The molecule has 0 radical (unpaired) electrons. The summed E-state index contributed by atoms with van der Waals surface area (Å²) in [6.45, 7) is 0.414. The molecule has 9 nitrogen and oxygen atoms in total. The number of aromatic nitrogens is 4. The lowest BCUT2D eigenvalue weighted by atomic mass is 10.1. The number of nitrogens with zero attached hydrogens (tertiary/aromatic N) is 4. The standard InChI is InChI=1S/C28H24N6O3/c35-26(18-16-24-15-17-25(37-24)21-7-3-1-4-8-21)29-31-28(36)23-13-11-20(12-14-23)19-34-32-27(30-33-34)22-9-5-2-6-10-22/h1-15,17H,16,18-19H2,(H,29,35)(H,31,36). The highest BCUT2D eigenvalue weighted by Gasteiger charge is 2.11. The summed E-state index contributed by atoms with van der Waals surface area (Å²) in [5.41, 5.74) is 8.09. The quantitative estimate of drug-likeness (QED) is 0.316. The Kier molecular flexibility index (Phi) is 7.12. The van der Waals surface area contributed by atoms with E-state index < -0.39 is 5.91 Å². The van der Waals surface area contributed by atoms with Crippen molar-refractivity contribution in [3.63, 3.8) is 0 Å². The Morgan fingerprint density at radius 1 is 0.784 bits per heavy atom. The number of hydrogen-bond donors (Lipinski definition) is 2. The number of tetrazole rings is 1. The first-order valence-electron chi connectivity index (χ1n) is 11.8. The van der Waals surface area contributed by atoms with Crippen molar-refractivity contribution < 1.29 is 14.0 Å². The summed E-state index contributed by atoms with van der Waals surface area (Å²) in [4.78, 5) is 26.1. The van der Waals surface area contributed by atoms with E-state index in [0.717, 1.165) is 22.5 Å². The first-order chi connectivity index (χ1) is 18.1. The maximum absolute atomic E-state index is 12.4. The SMILES string of the molecule is O=C(CCc1ccc(-c2ccccc2)o1)NNC(=O)c1ccc(Cn2nnc(-c3ccccc3)n2)cc1. The van der Waals surface area contributed by atoms with Gasteiger partial charge in [-0.1, -0.05) is 72.8 Å². The summed E-state index contributed by atoms with van der Waals surface area (Å²) in [5, 5.41) is 12.6. The molecule has 184 valence electrons. The fourth-order valence-corrected chi connectivity index (χ4v) is 3.71. The minimum atomic E-state index is -0.408. The van der Waals surface area contributed by atoms with Gasteiger partial charge in [0.15, 0.2) is 0 Å². The molecule has 37 heavy (non-hydrogen) atoms. The number of benzene rings is 3. The molecule has 2 heterocycles. The van der Waals surface area contributed by atoms with Crippen LogP contribution in [0.25, 0.3) is 22.7 Å². The summed E-state index contributed by atoms with van der Waals surface area (Å²) in [5.74, 6) is 1.29. The number of furan rings is 1. The highest BCUT2D eigenvalue weighted by Crippen LogP contribution is 2.22. The molecule has 3 aromatic carbocycles. The van der Waals surface area contributed by atoms with E-state index in [-0.39, 0.29) is 12.3 Å². The van der Waals surface area contributed by atoms with Gasteiger partial charge in [0.2, 0.25) is 11.7 Å². The summed E-state index contributed by atoms with van der Waals surface area (Å²) in [6, 6.07) is 30.1. The number of carbonyl (C=O) groups is 2. The molecule has 5 rings (SSSR count). The zero-order chi connectivity index (χ0) is 25.5. The zero-order valence-electron chi connectivity index (χ0n) is 19.9. The molecule has 0 unspecified atom stereocenters. The highest BCUT2D eigenvalue weighted by molar-refractivity contribution is 5.95. The van der Waals surface area contributed by atoms with Gasteiger partial charge in [-0.2, -0.15) is 4.80 Å². The molecule has 0 saturated carbocycles. The van der Waals surface area contributed by atoms with E-state index >= 15 is 0 Å². The minimum Gasteiger partial charge on any atom is -0.461 e. The molecule has 0 aliphatic rings. The fraction of sp³-hybridized carbons (Fsp3) is 0.107. The molecule has 5 aromatic rings. The Labute approximate surface area is 213 Å². The van der Waals surface area contributed by atoms with Crippen LogP contribution in [0.5, 0.6) is 0 Å². The number of rotatable bonds is 8. The third-order valence-corrected chi connectivity index (χ3v) is 5.66. The number of aryl methyl sites for hydroxylation is 1. The number of hydrogen-bond acceptors (Lipinski definition) is 6. The summed E-state index contributed by atoms with van der Waals surface area (Å²) >= 11 is 0. The summed E-state index contributed by atoms with van der Waals surface area (Å²) in [6.07, 6.45) is 0.600. The molecule has 9 heteroatoms. The van der Waals surface area contributed by atoms with Gasteiger partial charge in [-0.25, -0.2) is 0 Å². The Hall–Kier alpha value is -5.05. The first kappa shape index (κ1) is 23.7. The van der Waals surface area contributed by atoms with Crippen LogP contribution in [-0.4, -0.2) is 32.0 Å². The van der Waals surface area contributed by atoms with Gasteiger partial charge in [0, 0.05) is 29.5 Å². The topological polar surface area (TPSA) is 115 Å². The van der Waals surface area contributed by atoms with Crippen molar-refractivity contribution in [2.45, 2.75) is 19.4 Å². The predicted octanol–water partition coefficient (Wildman–Crippen LogP) is 4.04. The summed E-state index contributed by atoms with van der Waals surface area (Å²) in [7, 11) is 0. The van der Waals surface area contributed by atoms with Crippen LogP contribution >= 0.6 is 0 Å². The van der Waals surface area contributed by atoms with Crippen LogP contribution in [-0.2, 0) is 17.8 Å². The van der Waals surface area contributed by atoms with Gasteiger partial charge in [0.25, 0.3) is 5.91 Å². The molecular formula is C28H24N6O3. The second kappa shape index (κ2) is 11.1. The van der Waals surface area contributed by atoms with Gasteiger partial charge in [0.05, 0.1) is 6.54 Å². The van der Waals surface area contributed by atoms with Crippen LogP contribution in [0, 0.1) is 0 Å². The summed E-state index contributed by atoms with van der Waals surface area (Å²) < 4.78 is 5.81. The van der Waals surface area contributed by atoms with Crippen LogP contribution in [0.3, 0.4) is 0 Å². The van der Waals surface area contributed by atoms with Crippen molar-refractivity contribution in [1.82, 2.24) is 31.1 Å². The normalized spacial score (nSPS) is 10.7. The highest BCUT2D eigenvalue weighted by atomic mass is 16.3. The lowest BCUT2D eigenvalue weighted by Gasteiger charge is -2.08. The Bertz CT molecular complexity index is 1480. The van der Waals surface area contributed by atoms with Crippen molar-refractivity contribution in [3.8, 4) is 22.7 Å². The number of carbonyl (C=O) groups excluding carboxylic acids is 2. The van der Waals surface area contributed by atoms with Gasteiger partial charge in [-0.15, -0.1) is 10.2 Å². The van der Waals surface area contributed by atoms with Gasteiger partial charge in [0.1, 0.15) is 11.5 Å². The largest absolute Gasteiger partial charge is 0.461 e. The van der Waals surface area contributed by atoms with Crippen molar-refractivity contribution in [3.05, 3.63) is 114 Å². The van der Waals surface area contributed by atoms with Crippen molar-refractivity contribution in [1.29, 1.82) is 0 Å². The zero-order valence-corrected chi connectivity index (χ0v) is 19.9. The third-order valence-electron chi connectivity index (χ3n) is 5.66. The van der Waals surface area contributed by atoms with E-state index in [2.05, 4.69) is 26.3 Å². The molecule has 0 spiro atoms. The average molecular weight is 493 g/mol. The second-order valence-corrected chi connectivity index (χ2v) is 8.34. The Morgan fingerprint density at radius 3 is 2.22 bits per heavy atom. The molecule has 2 amide bonds. The lowest BCUT2D eigenvalue weighted by molar-refractivity contribution is -0.121. The minimum absolute atomic E-state index is 0.177. The molecule has 2 aromatic heterocycles. The number of hydrazine groups is 1. The number of amides is 2. The molecule has 0 saturated heterocycles. The first-order valence-corrected chi connectivity index (χ1v) is 11.8. The Balaban J connectivity index is 1.08. The van der Waals surface area contributed by atoms with Crippen molar-refractivity contribution in [2.75, 3.05) is 0 Å². The van der Waals surface area contributed by atoms with Crippen LogP contribution < -0.4 is 10.9 Å². The van der Waals surface area contributed by atoms with Crippen molar-refractivity contribution >= 4 is 11.8 Å². The van der Waals surface area contributed by atoms with Crippen LogP contribution in [0.1, 0.15) is 28.1 Å². The van der Waals surface area contributed by atoms with Gasteiger partial charge in [-0.05, 0) is 35.0 Å². The fourth-order valence-electron chi connectivity index (χ4n) is 3.71. The molecule has 0 fully saturated rings. The lowest BCUT2D eigenvalue weighted by Crippen LogP contribution is -2.41. The van der Waals surface area contributed by atoms with E-state index in [1.165, 1.54) is 4.80 Å². The van der Waals surface area contributed by atoms with Crippen LogP contribution in [0.4, 0.5) is 0 Å². The molecule has 0 bridgehead atoms. The maximum Gasteiger partial charge on any atom is 0.269 e. The second-order valence-electron chi connectivity index (χ2n) is 8.34. The van der Waals surface area contributed by atoms with E-state index in [4.69, 9.17) is 4.42 Å². The van der Waals surface area contributed by atoms with E-state index in [1.807, 2.05) is 84.9 Å². The predicted molar refractivity (Wildman–Crippen MR) is 137 cm³/mol. The number of nitrogens with one attached hydrogen (secondary N) is 2. The van der Waals surface area contributed by atoms with Crippen LogP contribution in [0.2, 0.25) is 0 Å². The van der Waals surface area contributed by atoms with E-state index in [1.54, 1.807) is 12.1 Å². The average Bonchev–Trinajstić information content (AvgIpc) is 3.62. The van der Waals surface area contributed by atoms with Crippen LogP contribution in [0.15, 0.2) is 101 Å². The van der Waals surface area contributed by atoms with Gasteiger partial charge >= 0.3 is 0 Å². The monoisotopic (exact) mass is 492 g/mol. The van der Waals surface area contributed by atoms with Gasteiger partial charge < -0.3 is 4.42 Å². The third kappa shape index (κ3) is 6.15. The van der Waals surface area contributed by atoms with Crippen molar-refractivity contribution in [2.24, 2.45) is 0 Å². The molecule has 0 aliphatic heterocycles. The molecule has 0 aliphatic carbocycles. The molecule has 2 N–H and O–H groups in total. The Morgan fingerprint density at radius 2 is 1.49 bits per heavy atom. The van der Waals surface area contributed by atoms with E-state index in [0.29, 0.717) is 30.1 Å².